The first-order valence-electron chi connectivity index (χ1n) is 12.1. The van der Waals surface area contributed by atoms with Crippen molar-refractivity contribution in [3.63, 3.8) is 0 Å². The van der Waals surface area contributed by atoms with Gasteiger partial charge in [0.2, 0.25) is 0 Å². The molecule has 0 aromatic heterocycles. The Morgan fingerprint density at radius 1 is 0.828 bits per heavy atom. The van der Waals surface area contributed by atoms with Gasteiger partial charge in [0.1, 0.15) is 24.4 Å². The van der Waals surface area contributed by atoms with Gasteiger partial charge in [-0.15, -0.1) is 0 Å². The highest BCUT2D eigenvalue weighted by Crippen LogP contribution is 2.19. The van der Waals surface area contributed by atoms with Crippen LogP contribution >= 0.6 is 0 Å². The van der Waals surface area contributed by atoms with E-state index in [1.165, 1.54) is 77.0 Å². The molecule has 1 fully saturated rings. The first kappa shape index (κ1) is 26.6. The van der Waals surface area contributed by atoms with Crippen LogP contribution in [-0.4, -0.2) is 59.6 Å². The van der Waals surface area contributed by atoms with E-state index in [2.05, 4.69) is 19.1 Å². The molecule has 0 spiro atoms. The average Bonchev–Trinajstić information content (AvgIpc) is 2.72. The van der Waals surface area contributed by atoms with Crippen LogP contribution in [-0.2, 0) is 9.47 Å². The molecule has 0 aliphatic carbocycles. The molecular formula is C24H46O5. The molecule has 0 saturated carbocycles. The van der Waals surface area contributed by atoms with Gasteiger partial charge in [0, 0.05) is 6.61 Å². The van der Waals surface area contributed by atoms with E-state index in [1.54, 1.807) is 0 Å². The second-order valence-corrected chi connectivity index (χ2v) is 8.39. The molecule has 172 valence electrons. The van der Waals surface area contributed by atoms with E-state index >= 15 is 0 Å². The van der Waals surface area contributed by atoms with Gasteiger partial charge in [-0.25, -0.2) is 0 Å². The normalized spacial score (nSPS) is 25.1. The number of hydrogen-bond donors (Lipinski definition) is 3. The molecule has 1 aliphatic heterocycles. The molecule has 29 heavy (non-hydrogen) atoms. The standard InChI is InChI=1S/C24H46O5/c1-2-3-4-5-6-7-8-9-10-11-12-13-14-15-16-17-18-28-24-21(26)20-29-22(19-25)23(24)27/h7-8,21-27H,2-6,9-20H2,1H3/b8-7+/t21-,22+,23+,24+/m1/s1. The Morgan fingerprint density at radius 3 is 1.97 bits per heavy atom. The molecule has 0 bridgehead atoms. The summed E-state index contributed by atoms with van der Waals surface area (Å²) < 4.78 is 10.8. The van der Waals surface area contributed by atoms with Crippen LogP contribution in [0.2, 0.25) is 0 Å². The maximum atomic E-state index is 10.1. The number of aliphatic hydroxyl groups excluding tert-OH is 3. The molecule has 1 rings (SSSR count). The van der Waals surface area contributed by atoms with Gasteiger partial charge in [-0.2, -0.15) is 0 Å². The summed E-state index contributed by atoms with van der Waals surface area (Å²) >= 11 is 0. The Labute approximate surface area is 178 Å². The minimum Gasteiger partial charge on any atom is -0.394 e. The van der Waals surface area contributed by atoms with Gasteiger partial charge in [-0.3, -0.25) is 0 Å². The summed E-state index contributed by atoms with van der Waals surface area (Å²) in [7, 11) is 0. The van der Waals surface area contributed by atoms with Crippen molar-refractivity contribution >= 4 is 0 Å². The molecule has 3 N–H and O–H groups in total. The molecule has 5 heteroatoms. The Balaban J connectivity index is 1.86. The van der Waals surface area contributed by atoms with Crippen LogP contribution in [0, 0.1) is 0 Å². The highest BCUT2D eigenvalue weighted by atomic mass is 16.6. The van der Waals surface area contributed by atoms with Crippen molar-refractivity contribution in [2.24, 2.45) is 0 Å². The largest absolute Gasteiger partial charge is 0.394 e. The topological polar surface area (TPSA) is 79.2 Å². The molecule has 0 aromatic carbocycles. The zero-order valence-electron chi connectivity index (χ0n) is 18.6. The minimum absolute atomic E-state index is 0.0989. The summed E-state index contributed by atoms with van der Waals surface area (Å²) in [6, 6.07) is 0. The summed E-state index contributed by atoms with van der Waals surface area (Å²) in [5, 5.41) is 29.1. The van der Waals surface area contributed by atoms with Gasteiger partial charge >= 0.3 is 0 Å². The number of unbranched alkanes of at least 4 members (excludes halogenated alkanes) is 12. The first-order chi connectivity index (χ1) is 14.2. The van der Waals surface area contributed by atoms with Crippen LogP contribution < -0.4 is 0 Å². The van der Waals surface area contributed by atoms with Gasteiger partial charge in [-0.05, 0) is 32.1 Å². The molecule has 1 aliphatic rings. The minimum atomic E-state index is -0.973. The van der Waals surface area contributed by atoms with E-state index in [0.717, 1.165) is 12.8 Å². The number of aliphatic hydroxyl groups is 3. The maximum absolute atomic E-state index is 10.1. The van der Waals surface area contributed by atoms with Gasteiger partial charge in [-0.1, -0.05) is 76.9 Å². The zero-order chi connectivity index (χ0) is 21.2. The lowest BCUT2D eigenvalue weighted by atomic mass is 10.0. The van der Waals surface area contributed by atoms with Crippen molar-refractivity contribution in [2.75, 3.05) is 19.8 Å². The average molecular weight is 415 g/mol. The number of ether oxygens (including phenoxy) is 2. The van der Waals surface area contributed by atoms with Crippen LogP contribution in [0.3, 0.4) is 0 Å². The van der Waals surface area contributed by atoms with Crippen molar-refractivity contribution in [1.29, 1.82) is 0 Å². The highest BCUT2D eigenvalue weighted by Gasteiger charge is 2.38. The lowest BCUT2D eigenvalue weighted by Gasteiger charge is -2.37. The van der Waals surface area contributed by atoms with Gasteiger partial charge < -0.3 is 24.8 Å². The number of rotatable bonds is 18. The van der Waals surface area contributed by atoms with Crippen LogP contribution in [0.1, 0.15) is 96.8 Å². The Bertz CT molecular complexity index is 387. The molecule has 5 nitrogen and oxygen atoms in total. The number of hydrogen-bond acceptors (Lipinski definition) is 5. The predicted molar refractivity (Wildman–Crippen MR) is 118 cm³/mol. The van der Waals surface area contributed by atoms with E-state index in [0.29, 0.717) is 6.61 Å². The number of allylic oxidation sites excluding steroid dienone is 2. The van der Waals surface area contributed by atoms with Crippen LogP contribution in [0.25, 0.3) is 0 Å². The van der Waals surface area contributed by atoms with Crippen molar-refractivity contribution in [2.45, 2.75) is 121 Å². The SMILES string of the molecule is CCCCCC/C=C/CCCCCCCCCCO[C@@H]1[C@@H](O)[C@H](CO)OC[C@H]1O. The summed E-state index contributed by atoms with van der Waals surface area (Å²) in [5.41, 5.74) is 0. The molecule has 4 atom stereocenters. The van der Waals surface area contributed by atoms with E-state index < -0.39 is 24.4 Å². The van der Waals surface area contributed by atoms with Crippen molar-refractivity contribution in [3.05, 3.63) is 12.2 Å². The first-order valence-corrected chi connectivity index (χ1v) is 12.1. The van der Waals surface area contributed by atoms with E-state index in [-0.39, 0.29) is 13.2 Å². The molecule has 0 unspecified atom stereocenters. The summed E-state index contributed by atoms with van der Waals surface area (Å²) in [6.07, 6.45) is 19.3. The molecular weight excluding hydrogens is 368 g/mol. The second kappa shape index (κ2) is 18.3. The summed E-state index contributed by atoms with van der Waals surface area (Å²) in [4.78, 5) is 0. The monoisotopic (exact) mass is 414 g/mol. The van der Waals surface area contributed by atoms with Crippen molar-refractivity contribution < 1.29 is 24.8 Å². The lowest BCUT2D eigenvalue weighted by Crippen LogP contribution is -2.55. The van der Waals surface area contributed by atoms with E-state index in [4.69, 9.17) is 14.6 Å². The zero-order valence-corrected chi connectivity index (χ0v) is 18.6. The second-order valence-electron chi connectivity index (χ2n) is 8.39. The van der Waals surface area contributed by atoms with Gasteiger partial charge in [0.05, 0.1) is 13.2 Å². The maximum Gasteiger partial charge on any atom is 0.114 e. The molecule has 0 amide bonds. The smallest absolute Gasteiger partial charge is 0.114 e. The summed E-state index contributed by atoms with van der Waals surface area (Å²) in [6.45, 7) is 2.62. The quantitative estimate of drug-likeness (QED) is 0.227. The Kier molecular flexibility index (Phi) is 16.8. The fourth-order valence-corrected chi connectivity index (χ4v) is 3.79. The molecule has 1 heterocycles. The van der Waals surface area contributed by atoms with Crippen LogP contribution in [0.15, 0.2) is 12.2 Å². The molecule has 0 aromatic rings. The van der Waals surface area contributed by atoms with Crippen LogP contribution in [0.5, 0.6) is 0 Å². The fourth-order valence-electron chi connectivity index (χ4n) is 3.79. The van der Waals surface area contributed by atoms with Gasteiger partial charge in [0.15, 0.2) is 0 Å². The van der Waals surface area contributed by atoms with E-state index in [9.17, 15) is 10.2 Å². The highest BCUT2D eigenvalue weighted by molar-refractivity contribution is 4.87. The lowest BCUT2D eigenvalue weighted by molar-refractivity contribution is -0.210. The Hall–Kier alpha value is -0.460. The van der Waals surface area contributed by atoms with E-state index in [1.807, 2.05) is 0 Å². The van der Waals surface area contributed by atoms with Gasteiger partial charge in [0.25, 0.3) is 0 Å². The van der Waals surface area contributed by atoms with Crippen molar-refractivity contribution in [1.82, 2.24) is 0 Å². The van der Waals surface area contributed by atoms with Crippen LogP contribution in [0.4, 0.5) is 0 Å². The third-order valence-electron chi connectivity index (χ3n) is 5.72. The Morgan fingerprint density at radius 2 is 1.38 bits per heavy atom. The third-order valence-corrected chi connectivity index (χ3v) is 5.72. The summed E-state index contributed by atoms with van der Waals surface area (Å²) in [5.74, 6) is 0. The molecule has 1 saturated heterocycles. The third kappa shape index (κ3) is 12.7. The van der Waals surface area contributed by atoms with Crippen molar-refractivity contribution in [3.8, 4) is 0 Å². The predicted octanol–water partition coefficient (Wildman–Crippen LogP) is 4.52. The fraction of sp³-hybridized carbons (Fsp3) is 0.917. The molecule has 0 radical (unpaired) electrons.